The fraction of sp³-hybridized carbons (Fsp3) is 0.500. The number of halogens is 3. The lowest BCUT2D eigenvalue weighted by Crippen LogP contribution is -2.45. The number of nitrogens with two attached hydrogens (primary N) is 1. The van der Waals surface area contributed by atoms with E-state index in [9.17, 15) is 17.9 Å². The van der Waals surface area contributed by atoms with E-state index < -0.39 is 32.9 Å². The van der Waals surface area contributed by atoms with Crippen LogP contribution < -0.4 is 10.5 Å². The van der Waals surface area contributed by atoms with E-state index in [0.29, 0.717) is 12.8 Å². The third-order valence-corrected chi connectivity index (χ3v) is 6.35. The Morgan fingerprint density at radius 2 is 2.05 bits per heavy atom. The molecular formula is C12H15BrClFN2O3S. The lowest BCUT2D eigenvalue weighted by Gasteiger charge is -2.28. The van der Waals surface area contributed by atoms with Crippen molar-refractivity contribution < 1.29 is 17.9 Å². The van der Waals surface area contributed by atoms with Gasteiger partial charge < -0.3 is 10.8 Å². The van der Waals surface area contributed by atoms with E-state index in [1.807, 2.05) is 0 Å². The summed E-state index contributed by atoms with van der Waals surface area (Å²) in [5.74, 6) is -1.07. The number of nitrogens with one attached hydrogen (secondary N) is 1. The minimum absolute atomic E-state index is 0.00142. The molecule has 21 heavy (non-hydrogen) atoms. The first-order valence-corrected chi connectivity index (χ1v) is 9.03. The van der Waals surface area contributed by atoms with Crippen LogP contribution in [0.1, 0.15) is 25.7 Å². The van der Waals surface area contributed by atoms with E-state index in [-0.39, 0.29) is 15.2 Å². The normalized spacial score (nSPS) is 23.2. The first-order valence-electron chi connectivity index (χ1n) is 6.37. The minimum atomic E-state index is -4.16. The molecule has 0 heterocycles. The highest BCUT2D eigenvalue weighted by molar-refractivity contribution is 9.10. The third-order valence-electron chi connectivity index (χ3n) is 3.48. The number of rotatable bonds is 3. The molecule has 4 N–H and O–H groups in total. The van der Waals surface area contributed by atoms with E-state index in [4.69, 9.17) is 17.3 Å². The summed E-state index contributed by atoms with van der Waals surface area (Å²) in [7, 11) is -4.16. The van der Waals surface area contributed by atoms with E-state index in [2.05, 4.69) is 20.7 Å². The maximum absolute atomic E-state index is 14.1. The molecule has 1 aromatic carbocycles. The molecule has 2 atom stereocenters. The minimum Gasteiger partial charge on any atom is -0.395 e. The number of aliphatic hydroxyl groups excluding tert-OH is 1. The van der Waals surface area contributed by atoms with E-state index >= 15 is 0 Å². The maximum Gasteiger partial charge on any atom is 0.243 e. The standard InChI is InChI=1S/C12H15BrClFN2O3S/c13-10-6(14)5-9(11(15)12(10)16)21(19,20)17-7-3-1-2-4-8(7)18/h5,7-8,17-18H,1-4,16H2/t7-,8-/m0/s1. The lowest BCUT2D eigenvalue weighted by molar-refractivity contribution is 0.101. The van der Waals surface area contributed by atoms with Crippen LogP contribution in [0.5, 0.6) is 0 Å². The molecule has 0 aliphatic heterocycles. The van der Waals surface area contributed by atoms with Crippen LogP contribution in [0.3, 0.4) is 0 Å². The van der Waals surface area contributed by atoms with Gasteiger partial charge in [0.2, 0.25) is 10.0 Å². The van der Waals surface area contributed by atoms with Crippen LogP contribution in [0.2, 0.25) is 5.02 Å². The van der Waals surface area contributed by atoms with Gasteiger partial charge in [0, 0.05) is 6.04 Å². The Balaban J connectivity index is 2.36. The first-order chi connectivity index (χ1) is 9.74. The quantitative estimate of drug-likeness (QED) is 0.536. The van der Waals surface area contributed by atoms with Crippen LogP contribution in [-0.2, 0) is 10.0 Å². The topological polar surface area (TPSA) is 92.4 Å². The molecule has 0 amide bonds. The Morgan fingerprint density at radius 3 is 2.67 bits per heavy atom. The van der Waals surface area contributed by atoms with Crippen molar-refractivity contribution in [3.05, 3.63) is 21.4 Å². The van der Waals surface area contributed by atoms with Crippen molar-refractivity contribution in [2.45, 2.75) is 42.7 Å². The second-order valence-corrected chi connectivity index (χ2v) is 7.86. The maximum atomic E-state index is 14.1. The molecule has 1 aliphatic rings. The average molecular weight is 402 g/mol. The highest BCUT2D eigenvalue weighted by atomic mass is 79.9. The summed E-state index contributed by atoms with van der Waals surface area (Å²) in [6.45, 7) is 0. The molecule has 5 nitrogen and oxygen atoms in total. The van der Waals surface area contributed by atoms with Crippen LogP contribution in [-0.4, -0.2) is 25.7 Å². The van der Waals surface area contributed by atoms with Crippen molar-refractivity contribution in [3.8, 4) is 0 Å². The Bertz CT molecular complexity index is 656. The summed E-state index contributed by atoms with van der Waals surface area (Å²) in [4.78, 5) is -0.619. The van der Waals surface area contributed by atoms with Crippen LogP contribution in [0, 0.1) is 5.82 Å². The number of nitrogen functional groups attached to an aromatic ring is 1. The second-order valence-electron chi connectivity index (χ2n) is 4.98. The molecule has 1 fully saturated rings. The molecule has 0 spiro atoms. The van der Waals surface area contributed by atoms with Gasteiger partial charge in [-0.1, -0.05) is 24.4 Å². The van der Waals surface area contributed by atoms with Crippen LogP contribution in [0.4, 0.5) is 10.1 Å². The average Bonchev–Trinajstić information content (AvgIpc) is 2.42. The zero-order chi connectivity index (χ0) is 15.8. The van der Waals surface area contributed by atoms with Gasteiger partial charge in [0.05, 0.1) is 21.3 Å². The molecule has 1 aliphatic carbocycles. The molecule has 1 saturated carbocycles. The third kappa shape index (κ3) is 3.50. The summed E-state index contributed by atoms with van der Waals surface area (Å²) in [5, 5.41) is 9.82. The molecule has 0 bridgehead atoms. The first kappa shape index (κ1) is 17.0. The van der Waals surface area contributed by atoms with E-state index in [1.54, 1.807) is 0 Å². The van der Waals surface area contributed by atoms with E-state index in [0.717, 1.165) is 18.9 Å². The number of aliphatic hydroxyl groups is 1. The zero-order valence-electron chi connectivity index (χ0n) is 10.9. The van der Waals surface area contributed by atoms with Gasteiger partial charge in [-0.2, -0.15) is 0 Å². The summed E-state index contributed by atoms with van der Waals surface area (Å²) in [5.41, 5.74) is 5.12. The molecule has 9 heteroatoms. The van der Waals surface area contributed by atoms with Crippen molar-refractivity contribution in [3.63, 3.8) is 0 Å². The molecule has 0 unspecified atom stereocenters. The van der Waals surface area contributed by atoms with Crippen LogP contribution in [0.25, 0.3) is 0 Å². The van der Waals surface area contributed by atoms with Crippen LogP contribution >= 0.6 is 27.5 Å². The smallest absolute Gasteiger partial charge is 0.243 e. The number of hydrogen-bond donors (Lipinski definition) is 3. The summed E-state index contributed by atoms with van der Waals surface area (Å²) >= 11 is 8.82. The largest absolute Gasteiger partial charge is 0.395 e. The summed E-state index contributed by atoms with van der Waals surface area (Å²) in [6, 6.07) is 0.362. The summed E-state index contributed by atoms with van der Waals surface area (Å²) < 4.78 is 41.1. The van der Waals surface area contributed by atoms with Gasteiger partial charge in [0.25, 0.3) is 0 Å². The Morgan fingerprint density at radius 1 is 1.43 bits per heavy atom. The number of anilines is 1. The number of benzene rings is 1. The molecule has 0 saturated heterocycles. The van der Waals surface area contributed by atoms with Gasteiger partial charge in [-0.3, -0.25) is 0 Å². The predicted octanol–water partition coefficient (Wildman–Crippen LogP) is 2.41. The van der Waals surface area contributed by atoms with Crippen molar-refractivity contribution in [1.29, 1.82) is 0 Å². The zero-order valence-corrected chi connectivity index (χ0v) is 14.1. The van der Waals surface area contributed by atoms with Gasteiger partial charge in [0.1, 0.15) is 4.90 Å². The second kappa shape index (κ2) is 6.37. The SMILES string of the molecule is Nc1c(F)c(S(=O)(=O)N[C@H]2CCCC[C@@H]2O)cc(Cl)c1Br. The van der Waals surface area contributed by atoms with Gasteiger partial charge >= 0.3 is 0 Å². The monoisotopic (exact) mass is 400 g/mol. The van der Waals surface area contributed by atoms with Gasteiger partial charge in [-0.05, 0) is 34.8 Å². The molecule has 0 aromatic heterocycles. The lowest BCUT2D eigenvalue weighted by atomic mass is 9.93. The highest BCUT2D eigenvalue weighted by Gasteiger charge is 2.31. The number of hydrogen-bond acceptors (Lipinski definition) is 4. The highest BCUT2D eigenvalue weighted by Crippen LogP contribution is 2.35. The number of sulfonamides is 1. The molecular weight excluding hydrogens is 387 g/mol. The predicted molar refractivity (Wildman–Crippen MR) is 82.1 cm³/mol. The van der Waals surface area contributed by atoms with Crippen molar-refractivity contribution >= 4 is 43.2 Å². The van der Waals surface area contributed by atoms with Gasteiger partial charge in [0.15, 0.2) is 5.82 Å². The molecule has 0 radical (unpaired) electrons. The Labute approximate surface area is 135 Å². The fourth-order valence-electron chi connectivity index (χ4n) is 2.31. The summed E-state index contributed by atoms with van der Waals surface area (Å²) in [6.07, 6.45) is 1.88. The fourth-order valence-corrected chi connectivity index (χ4v) is 4.29. The molecule has 2 rings (SSSR count). The van der Waals surface area contributed by atoms with Gasteiger partial charge in [-0.25, -0.2) is 17.5 Å². The van der Waals surface area contributed by atoms with Crippen molar-refractivity contribution in [1.82, 2.24) is 4.72 Å². The van der Waals surface area contributed by atoms with Crippen molar-refractivity contribution in [2.75, 3.05) is 5.73 Å². The molecule has 118 valence electrons. The Kier molecular flexibility index (Phi) is 5.15. The molecule has 1 aromatic rings. The van der Waals surface area contributed by atoms with Crippen LogP contribution in [0.15, 0.2) is 15.4 Å². The van der Waals surface area contributed by atoms with E-state index in [1.165, 1.54) is 0 Å². The van der Waals surface area contributed by atoms with Crippen molar-refractivity contribution in [2.24, 2.45) is 0 Å². The van der Waals surface area contributed by atoms with Gasteiger partial charge in [-0.15, -0.1) is 0 Å². The Hall–Kier alpha value is -0.410.